The van der Waals surface area contributed by atoms with Crippen LogP contribution in [0.25, 0.3) is 22.2 Å². The average molecular weight is 408 g/mol. The van der Waals surface area contributed by atoms with Crippen molar-refractivity contribution in [3.63, 3.8) is 0 Å². The van der Waals surface area contributed by atoms with Gasteiger partial charge in [0.2, 0.25) is 0 Å². The predicted octanol–water partition coefficient (Wildman–Crippen LogP) is 5.42. The van der Waals surface area contributed by atoms with Crippen molar-refractivity contribution in [2.75, 3.05) is 0 Å². The predicted molar refractivity (Wildman–Crippen MR) is 105 cm³/mol. The zero-order chi connectivity index (χ0) is 18.1. The number of benzene rings is 3. The fraction of sp³-hybridized carbons (Fsp3) is 0.0500. The molecule has 26 heavy (non-hydrogen) atoms. The van der Waals surface area contributed by atoms with E-state index in [-0.39, 0.29) is 10.6 Å². The smallest absolute Gasteiger partial charge is 0.260 e. The Bertz CT molecular complexity index is 1090. The Hall–Kier alpha value is -2.99. The van der Waals surface area contributed by atoms with Crippen LogP contribution >= 0.6 is 15.9 Å². The lowest BCUT2D eigenvalue weighted by Crippen LogP contribution is -2.01. The molecule has 3 aromatic carbocycles. The summed E-state index contributed by atoms with van der Waals surface area (Å²) in [5, 5.41) is 16.7. The third-order valence-electron chi connectivity index (χ3n) is 4.24. The average Bonchev–Trinajstić information content (AvgIpc) is 3.02. The van der Waals surface area contributed by atoms with Crippen LogP contribution in [0.1, 0.15) is 5.56 Å². The van der Waals surface area contributed by atoms with Gasteiger partial charge < -0.3 is 0 Å². The molecule has 0 radical (unpaired) electrons. The Morgan fingerprint density at radius 1 is 1.00 bits per heavy atom. The van der Waals surface area contributed by atoms with E-state index in [0.29, 0.717) is 6.54 Å². The molecule has 0 N–H and O–H groups in total. The summed E-state index contributed by atoms with van der Waals surface area (Å²) < 4.78 is 2.91. The third kappa shape index (κ3) is 3.11. The number of aromatic nitrogens is 2. The fourth-order valence-electron chi connectivity index (χ4n) is 2.97. The summed E-state index contributed by atoms with van der Waals surface area (Å²) in [5.74, 6) is 0. The Kier molecular flexibility index (Phi) is 4.26. The molecule has 0 bridgehead atoms. The van der Waals surface area contributed by atoms with Crippen molar-refractivity contribution in [2.45, 2.75) is 6.54 Å². The topological polar surface area (TPSA) is 61.0 Å². The number of hydrogen-bond donors (Lipinski definition) is 0. The minimum atomic E-state index is -0.375. The molecule has 0 aliphatic rings. The molecule has 1 heterocycles. The van der Waals surface area contributed by atoms with Crippen molar-refractivity contribution in [1.29, 1.82) is 0 Å². The summed E-state index contributed by atoms with van der Waals surface area (Å²) in [6.45, 7) is 0.592. The highest BCUT2D eigenvalue weighted by Crippen LogP contribution is 2.31. The highest BCUT2D eigenvalue weighted by molar-refractivity contribution is 9.10. The number of nitro benzene ring substituents is 1. The van der Waals surface area contributed by atoms with E-state index >= 15 is 0 Å². The third-order valence-corrected chi connectivity index (χ3v) is 4.77. The van der Waals surface area contributed by atoms with E-state index in [1.54, 1.807) is 12.1 Å². The van der Waals surface area contributed by atoms with Gasteiger partial charge in [0.05, 0.1) is 17.0 Å². The molecule has 0 saturated carbocycles. The van der Waals surface area contributed by atoms with Crippen LogP contribution < -0.4 is 0 Å². The summed E-state index contributed by atoms with van der Waals surface area (Å²) in [5.41, 5.74) is 3.74. The number of fused-ring (bicyclic) bond motifs is 1. The van der Waals surface area contributed by atoms with Crippen LogP contribution in [-0.2, 0) is 6.54 Å². The largest absolute Gasteiger partial charge is 0.270 e. The summed E-state index contributed by atoms with van der Waals surface area (Å²) in [6, 6.07) is 22.7. The Balaban J connectivity index is 1.88. The van der Waals surface area contributed by atoms with Crippen LogP contribution in [0.3, 0.4) is 0 Å². The van der Waals surface area contributed by atoms with Gasteiger partial charge in [0.15, 0.2) is 0 Å². The van der Waals surface area contributed by atoms with Gasteiger partial charge in [-0.05, 0) is 23.8 Å². The first-order valence-electron chi connectivity index (χ1n) is 8.06. The molecule has 128 valence electrons. The van der Waals surface area contributed by atoms with E-state index in [9.17, 15) is 10.1 Å². The van der Waals surface area contributed by atoms with E-state index in [4.69, 9.17) is 5.10 Å². The number of hydrogen-bond acceptors (Lipinski definition) is 3. The van der Waals surface area contributed by atoms with Gasteiger partial charge in [-0.25, -0.2) is 0 Å². The summed E-state index contributed by atoms with van der Waals surface area (Å²) in [6.07, 6.45) is 0. The molecular formula is C20H14BrN3O2. The number of nitrogens with zero attached hydrogens (tertiary/aromatic N) is 3. The van der Waals surface area contributed by atoms with Gasteiger partial charge in [0.25, 0.3) is 5.69 Å². The molecule has 0 spiro atoms. The van der Waals surface area contributed by atoms with Crippen LogP contribution in [0, 0.1) is 10.1 Å². The van der Waals surface area contributed by atoms with Crippen molar-refractivity contribution < 1.29 is 4.92 Å². The summed E-state index contributed by atoms with van der Waals surface area (Å²) in [7, 11) is 0. The van der Waals surface area contributed by atoms with Gasteiger partial charge in [-0.3, -0.25) is 14.8 Å². The van der Waals surface area contributed by atoms with E-state index in [1.807, 2.05) is 59.3 Å². The normalized spacial score (nSPS) is 11.0. The van der Waals surface area contributed by atoms with Crippen LogP contribution in [0.4, 0.5) is 5.69 Å². The number of halogens is 1. The van der Waals surface area contributed by atoms with Crippen molar-refractivity contribution in [3.8, 4) is 11.3 Å². The zero-order valence-electron chi connectivity index (χ0n) is 13.7. The second-order valence-electron chi connectivity index (χ2n) is 5.96. The van der Waals surface area contributed by atoms with Crippen LogP contribution in [-0.4, -0.2) is 14.7 Å². The second-order valence-corrected chi connectivity index (χ2v) is 6.87. The van der Waals surface area contributed by atoms with Gasteiger partial charge in [-0.2, -0.15) is 5.10 Å². The lowest BCUT2D eigenvalue weighted by molar-refractivity contribution is -0.384. The summed E-state index contributed by atoms with van der Waals surface area (Å²) in [4.78, 5) is 10.8. The van der Waals surface area contributed by atoms with Gasteiger partial charge in [0, 0.05) is 27.6 Å². The van der Waals surface area contributed by atoms with Crippen molar-refractivity contribution in [3.05, 3.63) is 92.9 Å². The van der Waals surface area contributed by atoms with Crippen LogP contribution in [0.5, 0.6) is 0 Å². The highest BCUT2D eigenvalue weighted by Gasteiger charge is 2.16. The van der Waals surface area contributed by atoms with Crippen molar-refractivity contribution in [1.82, 2.24) is 9.78 Å². The fourth-order valence-corrected chi connectivity index (χ4v) is 3.24. The van der Waals surface area contributed by atoms with Crippen LogP contribution in [0.15, 0.2) is 77.3 Å². The molecule has 0 amide bonds. The van der Waals surface area contributed by atoms with Crippen molar-refractivity contribution in [2.24, 2.45) is 0 Å². The molecule has 6 heteroatoms. The lowest BCUT2D eigenvalue weighted by Gasteiger charge is -2.04. The molecule has 0 atom stereocenters. The highest BCUT2D eigenvalue weighted by atomic mass is 79.9. The Morgan fingerprint density at radius 2 is 1.73 bits per heavy atom. The van der Waals surface area contributed by atoms with Gasteiger partial charge in [-0.15, -0.1) is 0 Å². The molecule has 5 nitrogen and oxygen atoms in total. The maximum absolute atomic E-state index is 11.2. The van der Waals surface area contributed by atoms with Gasteiger partial charge in [0.1, 0.15) is 5.69 Å². The Labute approximate surface area is 158 Å². The molecule has 0 aliphatic heterocycles. The van der Waals surface area contributed by atoms with Gasteiger partial charge in [-0.1, -0.05) is 58.4 Å². The van der Waals surface area contributed by atoms with Gasteiger partial charge >= 0.3 is 0 Å². The summed E-state index contributed by atoms with van der Waals surface area (Å²) >= 11 is 3.44. The maximum atomic E-state index is 11.2. The minimum absolute atomic E-state index is 0.0675. The number of nitro groups is 1. The molecule has 0 fully saturated rings. The first kappa shape index (κ1) is 16.5. The molecule has 4 aromatic rings. The first-order valence-corrected chi connectivity index (χ1v) is 8.86. The second kappa shape index (κ2) is 6.72. The van der Waals surface area contributed by atoms with E-state index in [1.165, 1.54) is 6.07 Å². The number of rotatable bonds is 4. The quantitative estimate of drug-likeness (QED) is 0.335. The minimum Gasteiger partial charge on any atom is -0.260 e. The maximum Gasteiger partial charge on any atom is 0.270 e. The lowest BCUT2D eigenvalue weighted by atomic mass is 10.1. The van der Waals surface area contributed by atoms with Crippen molar-refractivity contribution >= 4 is 32.5 Å². The van der Waals surface area contributed by atoms with E-state index < -0.39 is 0 Å². The zero-order valence-corrected chi connectivity index (χ0v) is 15.3. The van der Waals surface area contributed by atoms with E-state index in [0.717, 1.165) is 32.2 Å². The molecular weight excluding hydrogens is 394 g/mol. The first-order chi connectivity index (χ1) is 12.6. The molecule has 1 aromatic heterocycles. The number of non-ortho nitro benzene ring substituents is 1. The van der Waals surface area contributed by atoms with E-state index in [2.05, 4.69) is 15.9 Å². The molecule has 0 unspecified atom stereocenters. The molecule has 0 saturated heterocycles. The van der Waals surface area contributed by atoms with Crippen LogP contribution in [0.2, 0.25) is 0 Å². The standard InChI is InChI=1S/C20H14BrN3O2/c21-16-8-6-14(7-9-16)13-23-19-11-10-17(24(25)26)12-18(19)20(22-23)15-4-2-1-3-5-15/h1-12H,13H2. The Morgan fingerprint density at radius 3 is 2.42 bits per heavy atom. The SMILES string of the molecule is O=[N+]([O-])c1ccc2c(c1)c(-c1ccccc1)nn2Cc1ccc(Br)cc1. The monoisotopic (exact) mass is 407 g/mol. The molecule has 4 rings (SSSR count). The molecule has 0 aliphatic carbocycles.